The maximum absolute atomic E-state index is 5.52. The van der Waals surface area contributed by atoms with E-state index in [1.165, 1.54) is 0 Å². The minimum atomic E-state index is -0.0323. The van der Waals surface area contributed by atoms with Crippen molar-refractivity contribution in [1.82, 2.24) is 15.0 Å². The Morgan fingerprint density at radius 2 is 2.00 bits per heavy atom. The Hall–Kier alpha value is -2.41. The molecule has 0 atom stereocenters. The fourth-order valence-electron chi connectivity index (χ4n) is 1.78. The smallest absolute Gasteiger partial charge is 0.323 e. The summed E-state index contributed by atoms with van der Waals surface area (Å²) in [6, 6.07) is 8.28. The molecule has 2 aromatic rings. The number of nitrogens with one attached hydrogen (secondary N) is 1. The van der Waals surface area contributed by atoms with Gasteiger partial charge in [-0.05, 0) is 38.5 Å². The van der Waals surface area contributed by atoms with Gasteiger partial charge < -0.3 is 9.64 Å². The molecule has 2 rings (SSSR count). The van der Waals surface area contributed by atoms with Crippen molar-refractivity contribution in [2.24, 2.45) is 5.84 Å². The first-order chi connectivity index (χ1) is 9.99. The molecule has 0 saturated carbocycles. The van der Waals surface area contributed by atoms with E-state index >= 15 is 0 Å². The van der Waals surface area contributed by atoms with Crippen LogP contribution >= 0.6 is 0 Å². The van der Waals surface area contributed by atoms with Crippen molar-refractivity contribution in [3.05, 3.63) is 29.8 Å². The van der Waals surface area contributed by atoms with E-state index in [0.717, 1.165) is 11.3 Å². The van der Waals surface area contributed by atoms with Crippen molar-refractivity contribution in [2.45, 2.75) is 26.9 Å². The highest BCUT2D eigenvalue weighted by Crippen LogP contribution is 2.23. The largest absolute Gasteiger partial charge is 0.461 e. The van der Waals surface area contributed by atoms with E-state index < -0.39 is 0 Å². The highest BCUT2D eigenvalue weighted by Gasteiger charge is 2.13. The van der Waals surface area contributed by atoms with Crippen molar-refractivity contribution >= 4 is 17.6 Å². The topological polar surface area (TPSA) is 89.2 Å². The van der Waals surface area contributed by atoms with Crippen LogP contribution in [0.25, 0.3) is 0 Å². The first-order valence-electron chi connectivity index (χ1n) is 6.69. The second-order valence-corrected chi connectivity index (χ2v) is 4.95. The van der Waals surface area contributed by atoms with Crippen LogP contribution in [-0.4, -0.2) is 28.1 Å². The van der Waals surface area contributed by atoms with Gasteiger partial charge in [0.25, 0.3) is 0 Å². The van der Waals surface area contributed by atoms with E-state index in [-0.39, 0.29) is 18.1 Å². The highest BCUT2D eigenvalue weighted by molar-refractivity contribution is 5.58. The summed E-state index contributed by atoms with van der Waals surface area (Å²) in [5.74, 6) is 6.12. The summed E-state index contributed by atoms with van der Waals surface area (Å²) in [6.07, 6.45) is -0.0323. The van der Waals surface area contributed by atoms with Crippen molar-refractivity contribution in [2.75, 3.05) is 17.4 Å². The average molecular weight is 288 g/mol. The highest BCUT2D eigenvalue weighted by atomic mass is 16.5. The molecule has 21 heavy (non-hydrogen) atoms. The summed E-state index contributed by atoms with van der Waals surface area (Å²) in [5.41, 5.74) is 4.56. The fraction of sp³-hybridized carbons (Fsp3) is 0.357. The third-order valence-corrected chi connectivity index (χ3v) is 2.76. The van der Waals surface area contributed by atoms with Crippen LogP contribution in [0.5, 0.6) is 6.01 Å². The van der Waals surface area contributed by atoms with Crippen LogP contribution in [-0.2, 0) is 0 Å². The van der Waals surface area contributed by atoms with Crippen molar-refractivity contribution in [3.8, 4) is 6.01 Å². The molecule has 0 unspecified atom stereocenters. The Kier molecular flexibility index (Phi) is 4.54. The normalized spacial score (nSPS) is 10.6. The van der Waals surface area contributed by atoms with Gasteiger partial charge in [-0.15, -0.1) is 0 Å². The van der Waals surface area contributed by atoms with Crippen LogP contribution in [0.2, 0.25) is 0 Å². The minimum Gasteiger partial charge on any atom is -0.461 e. The molecule has 7 heteroatoms. The summed E-state index contributed by atoms with van der Waals surface area (Å²) >= 11 is 0. The molecule has 1 heterocycles. The lowest BCUT2D eigenvalue weighted by Gasteiger charge is -2.19. The molecule has 0 aliphatic heterocycles. The lowest BCUT2D eigenvalue weighted by Crippen LogP contribution is -2.19. The van der Waals surface area contributed by atoms with Crippen LogP contribution < -0.4 is 20.9 Å². The molecular weight excluding hydrogens is 268 g/mol. The zero-order chi connectivity index (χ0) is 15.4. The van der Waals surface area contributed by atoms with Gasteiger partial charge in [-0.3, -0.25) is 5.43 Å². The molecule has 1 aromatic carbocycles. The molecule has 1 aromatic heterocycles. The monoisotopic (exact) mass is 288 g/mol. The van der Waals surface area contributed by atoms with Gasteiger partial charge in [-0.25, -0.2) is 5.84 Å². The summed E-state index contributed by atoms with van der Waals surface area (Å²) in [5, 5.41) is 0. The standard InChI is InChI=1S/C14H20N6O/c1-9(2)21-14-17-12(19-15)16-13(18-14)20(4)11-7-5-6-10(3)8-11/h5-9H,15H2,1-4H3,(H,16,17,18,19). The zero-order valence-electron chi connectivity index (χ0n) is 12.7. The molecule has 0 aliphatic carbocycles. The molecule has 0 bridgehead atoms. The molecule has 3 N–H and O–H groups in total. The number of aromatic nitrogens is 3. The van der Waals surface area contributed by atoms with E-state index in [2.05, 4.69) is 20.4 Å². The van der Waals surface area contributed by atoms with Crippen LogP contribution in [0.1, 0.15) is 19.4 Å². The van der Waals surface area contributed by atoms with E-state index in [0.29, 0.717) is 5.95 Å². The van der Waals surface area contributed by atoms with Gasteiger partial charge in [0, 0.05) is 12.7 Å². The van der Waals surface area contributed by atoms with Crippen LogP contribution in [0.3, 0.4) is 0 Å². The summed E-state index contributed by atoms with van der Waals surface area (Å²) < 4.78 is 5.52. The molecule has 0 amide bonds. The number of hydrogen-bond donors (Lipinski definition) is 2. The molecule has 112 valence electrons. The van der Waals surface area contributed by atoms with E-state index in [9.17, 15) is 0 Å². The van der Waals surface area contributed by atoms with Crippen LogP contribution in [0, 0.1) is 6.92 Å². The average Bonchev–Trinajstić information content (AvgIpc) is 2.45. The predicted molar refractivity (Wildman–Crippen MR) is 82.6 cm³/mol. The van der Waals surface area contributed by atoms with Crippen molar-refractivity contribution in [1.29, 1.82) is 0 Å². The second-order valence-electron chi connectivity index (χ2n) is 4.95. The Balaban J connectivity index is 2.37. The Morgan fingerprint density at radius 1 is 1.24 bits per heavy atom. The number of nitrogen functional groups attached to an aromatic ring is 1. The first-order valence-corrected chi connectivity index (χ1v) is 6.69. The van der Waals surface area contributed by atoms with E-state index in [1.807, 2.05) is 57.0 Å². The molecule has 0 aliphatic rings. The molecular formula is C14H20N6O. The maximum Gasteiger partial charge on any atom is 0.323 e. The van der Waals surface area contributed by atoms with Crippen molar-refractivity contribution in [3.63, 3.8) is 0 Å². The van der Waals surface area contributed by atoms with Gasteiger partial charge in [0.2, 0.25) is 11.9 Å². The summed E-state index contributed by atoms with van der Waals surface area (Å²) in [7, 11) is 1.88. The van der Waals surface area contributed by atoms with Gasteiger partial charge in [0.15, 0.2) is 0 Å². The minimum absolute atomic E-state index is 0.0323. The number of nitrogens with two attached hydrogens (primary N) is 1. The Labute approximate surface area is 124 Å². The number of hydrazine groups is 1. The third-order valence-electron chi connectivity index (χ3n) is 2.76. The molecule has 0 saturated heterocycles. The van der Waals surface area contributed by atoms with Gasteiger partial charge in [0.1, 0.15) is 0 Å². The summed E-state index contributed by atoms with van der Waals surface area (Å²) in [6.45, 7) is 5.84. The first kappa shape index (κ1) is 15.0. The SMILES string of the molecule is Cc1cccc(N(C)c2nc(NN)nc(OC(C)C)n2)c1. The van der Waals surface area contributed by atoms with Crippen LogP contribution in [0.4, 0.5) is 17.6 Å². The lowest BCUT2D eigenvalue weighted by atomic mass is 10.2. The Bertz CT molecular complexity index is 616. The van der Waals surface area contributed by atoms with E-state index in [4.69, 9.17) is 10.6 Å². The third kappa shape index (κ3) is 3.79. The molecule has 0 spiro atoms. The zero-order valence-corrected chi connectivity index (χ0v) is 12.7. The van der Waals surface area contributed by atoms with Crippen molar-refractivity contribution < 1.29 is 4.74 Å². The Morgan fingerprint density at radius 3 is 2.62 bits per heavy atom. The number of hydrogen-bond acceptors (Lipinski definition) is 7. The fourth-order valence-corrected chi connectivity index (χ4v) is 1.78. The number of rotatable bonds is 5. The quantitative estimate of drug-likeness (QED) is 0.642. The van der Waals surface area contributed by atoms with Crippen LogP contribution in [0.15, 0.2) is 24.3 Å². The molecule has 0 fully saturated rings. The molecule has 0 radical (unpaired) electrons. The number of aryl methyl sites for hydroxylation is 1. The predicted octanol–water partition coefficient (Wildman–Crippen LogP) is 2.02. The van der Waals surface area contributed by atoms with Gasteiger partial charge >= 0.3 is 6.01 Å². The number of benzene rings is 1. The maximum atomic E-state index is 5.52. The van der Waals surface area contributed by atoms with Gasteiger partial charge in [-0.2, -0.15) is 15.0 Å². The number of ether oxygens (including phenoxy) is 1. The second kappa shape index (κ2) is 6.36. The summed E-state index contributed by atoms with van der Waals surface area (Å²) in [4.78, 5) is 14.5. The molecule has 7 nitrogen and oxygen atoms in total. The van der Waals surface area contributed by atoms with Gasteiger partial charge in [-0.1, -0.05) is 12.1 Å². The number of anilines is 3. The number of nitrogens with zero attached hydrogens (tertiary/aromatic N) is 4. The van der Waals surface area contributed by atoms with Gasteiger partial charge in [0.05, 0.1) is 6.10 Å². The lowest BCUT2D eigenvalue weighted by molar-refractivity contribution is 0.222. The van der Waals surface area contributed by atoms with E-state index in [1.54, 1.807) is 0 Å².